The standard InChI is InChI=1S/C26H36N2O/c1-3-27-23-16-24-18-26(17-23,22-12-7-13-25(29)15-22)20(2)19-28(24)14-8-11-21-9-5-4-6-10-21/h4-7,9-10,12-13,15,20,23-24,27,29H,3,8,11,14,16-19H2,1-2H3/t20-,23+,24+,26+/m1/s1. The van der Waals surface area contributed by atoms with Crippen molar-refractivity contribution in [2.45, 2.75) is 63.5 Å². The van der Waals surface area contributed by atoms with E-state index in [9.17, 15) is 5.11 Å². The number of aryl methyl sites for hydroxylation is 1. The first kappa shape index (κ1) is 20.4. The van der Waals surface area contributed by atoms with Gasteiger partial charge in [0.15, 0.2) is 0 Å². The van der Waals surface area contributed by atoms with Gasteiger partial charge in [0.1, 0.15) is 5.75 Å². The molecule has 156 valence electrons. The van der Waals surface area contributed by atoms with Gasteiger partial charge in [0.2, 0.25) is 0 Å². The first-order valence-electron chi connectivity index (χ1n) is 11.4. The molecule has 2 aliphatic rings. The van der Waals surface area contributed by atoms with Gasteiger partial charge >= 0.3 is 0 Å². The Hall–Kier alpha value is -1.84. The van der Waals surface area contributed by atoms with Crippen LogP contribution in [0.3, 0.4) is 0 Å². The van der Waals surface area contributed by atoms with Crippen LogP contribution in [-0.2, 0) is 11.8 Å². The maximum atomic E-state index is 10.1. The smallest absolute Gasteiger partial charge is 0.115 e. The number of phenols is 1. The number of likely N-dealkylation sites (tertiary alicyclic amines) is 1. The van der Waals surface area contributed by atoms with Gasteiger partial charge in [-0.3, -0.25) is 4.90 Å². The number of hydrogen-bond acceptors (Lipinski definition) is 3. The average Bonchev–Trinajstić information content (AvgIpc) is 2.73. The summed E-state index contributed by atoms with van der Waals surface area (Å²) in [5.41, 5.74) is 2.95. The van der Waals surface area contributed by atoms with Crippen LogP contribution in [0.1, 0.15) is 50.7 Å². The summed E-state index contributed by atoms with van der Waals surface area (Å²) in [6.45, 7) is 8.01. The molecular formula is C26H36N2O. The number of fused-ring (bicyclic) bond motifs is 2. The summed E-state index contributed by atoms with van der Waals surface area (Å²) >= 11 is 0. The summed E-state index contributed by atoms with van der Waals surface area (Å²) in [6.07, 6.45) is 6.02. The molecule has 1 saturated heterocycles. The summed E-state index contributed by atoms with van der Waals surface area (Å²) in [7, 11) is 0. The third kappa shape index (κ3) is 4.36. The number of benzene rings is 2. The minimum absolute atomic E-state index is 0.171. The van der Waals surface area contributed by atoms with E-state index >= 15 is 0 Å². The maximum Gasteiger partial charge on any atom is 0.115 e. The number of nitrogens with one attached hydrogen (secondary N) is 1. The molecule has 1 aliphatic heterocycles. The van der Waals surface area contributed by atoms with Crippen LogP contribution in [0, 0.1) is 5.92 Å². The zero-order chi connectivity index (χ0) is 20.3. The predicted molar refractivity (Wildman–Crippen MR) is 120 cm³/mol. The third-order valence-corrected chi connectivity index (χ3v) is 7.40. The van der Waals surface area contributed by atoms with Crippen molar-refractivity contribution in [2.75, 3.05) is 19.6 Å². The summed E-state index contributed by atoms with van der Waals surface area (Å²) in [6, 6.07) is 20.1. The minimum Gasteiger partial charge on any atom is -0.508 e. The lowest BCUT2D eigenvalue weighted by Crippen LogP contribution is -2.61. The van der Waals surface area contributed by atoms with Crippen molar-refractivity contribution in [3.05, 3.63) is 65.7 Å². The van der Waals surface area contributed by atoms with Crippen molar-refractivity contribution in [3.8, 4) is 5.75 Å². The number of phenolic OH excluding ortho intramolecular Hbond substituents is 1. The van der Waals surface area contributed by atoms with Crippen molar-refractivity contribution in [1.82, 2.24) is 10.2 Å². The molecule has 2 aromatic carbocycles. The Morgan fingerprint density at radius 3 is 2.69 bits per heavy atom. The molecule has 0 radical (unpaired) electrons. The van der Waals surface area contributed by atoms with Crippen LogP contribution < -0.4 is 5.32 Å². The highest BCUT2D eigenvalue weighted by Crippen LogP contribution is 2.50. The number of nitrogens with zero attached hydrogens (tertiary/aromatic N) is 1. The first-order valence-corrected chi connectivity index (χ1v) is 11.4. The Balaban J connectivity index is 1.51. The molecule has 2 N–H and O–H groups in total. The van der Waals surface area contributed by atoms with Crippen molar-refractivity contribution in [1.29, 1.82) is 0 Å². The van der Waals surface area contributed by atoms with Gasteiger partial charge in [0.05, 0.1) is 0 Å². The van der Waals surface area contributed by atoms with E-state index in [0.29, 0.717) is 23.8 Å². The largest absolute Gasteiger partial charge is 0.508 e. The van der Waals surface area contributed by atoms with Gasteiger partial charge in [-0.2, -0.15) is 0 Å². The number of aromatic hydroxyl groups is 1. The second-order valence-corrected chi connectivity index (χ2v) is 9.24. The second-order valence-electron chi connectivity index (χ2n) is 9.24. The fourth-order valence-electron chi connectivity index (χ4n) is 5.98. The fraction of sp³-hybridized carbons (Fsp3) is 0.538. The molecule has 2 aromatic rings. The lowest BCUT2D eigenvalue weighted by atomic mass is 9.57. The van der Waals surface area contributed by atoms with Crippen molar-refractivity contribution < 1.29 is 5.11 Å². The lowest BCUT2D eigenvalue weighted by Gasteiger charge is -2.57. The van der Waals surface area contributed by atoms with Crippen LogP contribution in [0.2, 0.25) is 0 Å². The van der Waals surface area contributed by atoms with Gasteiger partial charge in [-0.1, -0.05) is 56.3 Å². The summed E-state index contributed by atoms with van der Waals surface area (Å²) < 4.78 is 0. The van der Waals surface area contributed by atoms with Crippen molar-refractivity contribution in [3.63, 3.8) is 0 Å². The van der Waals surface area contributed by atoms with E-state index in [1.807, 2.05) is 12.1 Å². The third-order valence-electron chi connectivity index (χ3n) is 7.40. The quantitative estimate of drug-likeness (QED) is 0.714. The van der Waals surface area contributed by atoms with Crippen LogP contribution in [0.15, 0.2) is 54.6 Å². The maximum absolute atomic E-state index is 10.1. The molecule has 0 unspecified atom stereocenters. The van der Waals surface area contributed by atoms with Crippen LogP contribution in [-0.4, -0.2) is 41.7 Å². The molecule has 29 heavy (non-hydrogen) atoms. The molecule has 1 aliphatic carbocycles. The van der Waals surface area contributed by atoms with E-state index in [0.717, 1.165) is 19.5 Å². The van der Waals surface area contributed by atoms with E-state index in [1.54, 1.807) is 6.07 Å². The van der Waals surface area contributed by atoms with E-state index in [-0.39, 0.29) is 5.41 Å². The highest BCUT2D eigenvalue weighted by atomic mass is 16.3. The van der Waals surface area contributed by atoms with Gasteiger partial charge in [-0.05, 0) is 74.4 Å². The van der Waals surface area contributed by atoms with Gasteiger partial charge < -0.3 is 10.4 Å². The minimum atomic E-state index is 0.171. The molecule has 2 bridgehead atoms. The Morgan fingerprint density at radius 2 is 1.93 bits per heavy atom. The molecule has 4 atom stereocenters. The molecular weight excluding hydrogens is 356 g/mol. The molecule has 0 aromatic heterocycles. The molecule has 2 fully saturated rings. The molecule has 4 rings (SSSR count). The second kappa shape index (κ2) is 8.89. The Morgan fingerprint density at radius 1 is 1.10 bits per heavy atom. The summed E-state index contributed by atoms with van der Waals surface area (Å²) in [4.78, 5) is 2.76. The number of piperidine rings is 1. The van der Waals surface area contributed by atoms with Crippen molar-refractivity contribution in [2.24, 2.45) is 5.92 Å². The Bertz CT molecular complexity index is 792. The molecule has 3 nitrogen and oxygen atoms in total. The van der Waals surface area contributed by atoms with Gasteiger partial charge in [-0.25, -0.2) is 0 Å². The SMILES string of the molecule is CCN[C@H]1C[C@H]2C[C@@](c3cccc(O)c3)(C1)[C@H](C)CN2CCCc1ccccc1. The van der Waals surface area contributed by atoms with E-state index in [2.05, 4.69) is 60.5 Å². The zero-order valence-corrected chi connectivity index (χ0v) is 18.0. The van der Waals surface area contributed by atoms with Crippen LogP contribution in [0.5, 0.6) is 5.75 Å². The zero-order valence-electron chi connectivity index (χ0n) is 18.0. The predicted octanol–water partition coefficient (Wildman–Crippen LogP) is 4.75. The van der Waals surface area contributed by atoms with E-state index < -0.39 is 0 Å². The van der Waals surface area contributed by atoms with Gasteiger partial charge in [0, 0.05) is 24.0 Å². The first-order chi connectivity index (χ1) is 14.1. The normalized spacial score (nSPS) is 29.7. The molecule has 3 heteroatoms. The molecule has 1 saturated carbocycles. The average molecular weight is 393 g/mol. The summed E-state index contributed by atoms with van der Waals surface area (Å²) in [5.74, 6) is 0.982. The van der Waals surface area contributed by atoms with Crippen LogP contribution in [0.25, 0.3) is 0 Å². The number of hydrogen-bond donors (Lipinski definition) is 2. The highest BCUT2D eigenvalue weighted by molar-refractivity contribution is 5.36. The topological polar surface area (TPSA) is 35.5 Å². The molecule has 1 heterocycles. The molecule has 0 spiro atoms. The monoisotopic (exact) mass is 392 g/mol. The van der Waals surface area contributed by atoms with Crippen LogP contribution in [0.4, 0.5) is 0 Å². The van der Waals surface area contributed by atoms with E-state index in [1.165, 1.54) is 43.4 Å². The Labute approximate surface area is 176 Å². The molecule has 0 amide bonds. The van der Waals surface area contributed by atoms with Gasteiger partial charge in [-0.15, -0.1) is 0 Å². The fourth-order valence-corrected chi connectivity index (χ4v) is 5.98. The Kier molecular flexibility index (Phi) is 6.26. The highest BCUT2D eigenvalue weighted by Gasteiger charge is 2.50. The van der Waals surface area contributed by atoms with Gasteiger partial charge in [0.25, 0.3) is 0 Å². The van der Waals surface area contributed by atoms with Crippen LogP contribution >= 0.6 is 0 Å². The van der Waals surface area contributed by atoms with E-state index in [4.69, 9.17) is 0 Å². The summed E-state index contributed by atoms with van der Waals surface area (Å²) in [5, 5.41) is 13.9. The lowest BCUT2D eigenvalue weighted by molar-refractivity contribution is -0.00355. The van der Waals surface area contributed by atoms with Crippen molar-refractivity contribution >= 4 is 0 Å². The number of rotatable bonds is 7.